The zero-order valence-electron chi connectivity index (χ0n) is 9.02. The lowest BCUT2D eigenvalue weighted by molar-refractivity contribution is 0.745. The van der Waals surface area contributed by atoms with E-state index in [0.717, 1.165) is 28.7 Å². The molecular weight excluding hydrogens is 268 g/mol. The van der Waals surface area contributed by atoms with E-state index in [4.69, 9.17) is 5.73 Å². The van der Waals surface area contributed by atoms with Gasteiger partial charge in [-0.05, 0) is 30.7 Å². The quantitative estimate of drug-likeness (QED) is 0.940. The van der Waals surface area contributed by atoms with Crippen molar-refractivity contribution < 1.29 is 0 Å². The van der Waals surface area contributed by atoms with Crippen molar-refractivity contribution in [3.63, 3.8) is 0 Å². The number of anilines is 1. The predicted octanol–water partition coefficient (Wildman–Crippen LogP) is 2.56. The van der Waals surface area contributed by atoms with Crippen LogP contribution in [-0.2, 0) is 6.42 Å². The Balaban J connectivity index is 2.43. The monoisotopic (exact) mass is 280 g/mol. The molecule has 2 aromatic rings. The fraction of sp³-hybridized carbons (Fsp3) is 0.273. The van der Waals surface area contributed by atoms with Crippen LogP contribution in [0.2, 0.25) is 0 Å². The maximum Gasteiger partial charge on any atom is 0.169 e. The lowest BCUT2D eigenvalue weighted by Gasteiger charge is -2.05. The van der Waals surface area contributed by atoms with Crippen molar-refractivity contribution in [2.45, 2.75) is 19.8 Å². The van der Waals surface area contributed by atoms with Crippen LogP contribution in [0.5, 0.6) is 0 Å². The number of nitrogens with zero attached hydrogens (tertiary/aromatic N) is 3. The Kier molecular flexibility index (Phi) is 3.24. The van der Waals surface area contributed by atoms with E-state index >= 15 is 0 Å². The first-order chi connectivity index (χ1) is 7.72. The first kappa shape index (κ1) is 11.1. The summed E-state index contributed by atoms with van der Waals surface area (Å²) in [5.41, 5.74) is 7.75. The summed E-state index contributed by atoms with van der Waals surface area (Å²) in [7, 11) is 0. The Bertz CT molecular complexity index is 475. The fourth-order valence-electron chi connectivity index (χ4n) is 1.57. The molecule has 0 bridgehead atoms. The van der Waals surface area contributed by atoms with Crippen molar-refractivity contribution in [2.24, 2.45) is 0 Å². The van der Waals surface area contributed by atoms with Gasteiger partial charge in [0, 0.05) is 4.47 Å². The molecule has 0 saturated carbocycles. The van der Waals surface area contributed by atoms with Crippen LogP contribution >= 0.6 is 15.9 Å². The molecule has 16 heavy (non-hydrogen) atoms. The van der Waals surface area contributed by atoms with E-state index in [2.05, 4.69) is 33.2 Å². The van der Waals surface area contributed by atoms with Gasteiger partial charge in [0.05, 0.1) is 11.4 Å². The van der Waals surface area contributed by atoms with Crippen LogP contribution in [0.15, 0.2) is 28.7 Å². The molecule has 4 nitrogen and oxygen atoms in total. The number of rotatable bonds is 3. The third-order valence-electron chi connectivity index (χ3n) is 2.35. The average Bonchev–Trinajstić information content (AvgIpc) is 2.63. The van der Waals surface area contributed by atoms with Crippen molar-refractivity contribution in [2.75, 3.05) is 5.73 Å². The third-order valence-corrected chi connectivity index (χ3v) is 2.88. The highest BCUT2D eigenvalue weighted by molar-refractivity contribution is 9.10. The van der Waals surface area contributed by atoms with Crippen LogP contribution in [0.25, 0.3) is 5.69 Å². The molecule has 0 saturated heterocycles. The van der Waals surface area contributed by atoms with Gasteiger partial charge in [-0.25, -0.2) is 4.68 Å². The van der Waals surface area contributed by atoms with Gasteiger partial charge in [-0.3, -0.25) is 0 Å². The molecule has 1 heterocycles. The lowest BCUT2D eigenvalue weighted by atomic mass is 10.2. The van der Waals surface area contributed by atoms with Gasteiger partial charge in [-0.1, -0.05) is 34.5 Å². The van der Waals surface area contributed by atoms with E-state index in [1.165, 1.54) is 0 Å². The van der Waals surface area contributed by atoms with Crippen LogP contribution in [-0.4, -0.2) is 15.0 Å². The highest BCUT2D eigenvalue weighted by atomic mass is 79.9. The zero-order chi connectivity index (χ0) is 11.5. The minimum Gasteiger partial charge on any atom is -0.381 e. The van der Waals surface area contributed by atoms with Gasteiger partial charge in [-0.2, -0.15) is 0 Å². The van der Waals surface area contributed by atoms with Crippen molar-refractivity contribution in [1.29, 1.82) is 0 Å². The standard InChI is InChI=1S/C11H13BrN4/c1-2-3-10-11(13)14-15-16(10)9-6-4-8(12)5-7-9/h4-7H,2-3,13H2,1H3. The molecule has 2 rings (SSSR count). The second-order valence-electron chi connectivity index (χ2n) is 3.56. The Hall–Kier alpha value is -1.36. The number of hydrogen-bond donors (Lipinski definition) is 1. The first-order valence-electron chi connectivity index (χ1n) is 5.18. The van der Waals surface area contributed by atoms with E-state index in [9.17, 15) is 0 Å². The molecule has 1 aromatic heterocycles. The number of aromatic nitrogens is 3. The molecular formula is C11H13BrN4. The largest absolute Gasteiger partial charge is 0.381 e. The summed E-state index contributed by atoms with van der Waals surface area (Å²) in [6, 6.07) is 7.92. The van der Waals surface area contributed by atoms with E-state index in [0.29, 0.717) is 5.82 Å². The van der Waals surface area contributed by atoms with E-state index in [-0.39, 0.29) is 0 Å². The smallest absolute Gasteiger partial charge is 0.169 e. The van der Waals surface area contributed by atoms with E-state index in [1.807, 2.05) is 24.3 Å². The van der Waals surface area contributed by atoms with Crippen molar-refractivity contribution in [3.05, 3.63) is 34.4 Å². The molecule has 0 aliphatic rings. The Morgan fingerprint density at radius 1 is 1.31 bits per heavy atom. The summed E-state index contributed by atoms with van der Waals surface area (Å²) < 4.78 is 2.84. The van der Waals surface area contributed by atoms with Crippen molar-refractivity contribution in [1.82, 2.24) is 15.0 Å². The normalized spacial score (nSPS) is 10.6. The topological polar surface area (TPSA) is 56.7 Å². The molecule has 5 heteroatoms. The molecule has 0 spiro atoms. The highest BCUT2D eigenvalue weighted by Gasteiger charge is 2.10. The summed E-state index contributed by atoms with van der Waals surface area (Å²) >= 11 is 3.40. The number of halogens is 1. The maximum absolute atomic E-state index is 5.79. The lowest BCUT2D eigenvalue weighted by Crippen LogP contribution is -2.03. The van der Waals surface area contributed by atoms with Crippen molar-refractivity contribution in [3.8, 4) is 5.69 Å². The van der Waals surface area contributed by atoms with Gasteiger partial charge < -0.3 is 5.73 Å². The van der Waals surface area contributed by atoms with Gasteiger partial charge in [0.2, 0.25) is 0 Å². The van der Waals surface area contributed by atoms with Crippen LogP contribution in [0, 0.1) is 0 Å². The summed E-state index contributed by atoms with van der Waals surface area (Å²) in [6.45, 7) is 2.11. The van der Waals surface area contributed by atoms with Crippen molar-refractivity contribution >= 4 is 21.7 Å². The summed E-state index contributed by atoms with van der Waals surface area (Å²) in [5.74, 6) is 0.518. The number of benzene rings is 1. The van der Waals surface area contributed by atoms with Gasteiger partial charge in [0.15, 0.2) is 5.82 Å². The van der Waals surface area contributed by atoms with E-state index in [1.54, 1.807) is 4.68 Å². The Morgan fingerprint density at radius 3 is 2.62 bits per heavy atom. The molecule has 84 valence electrons. The highest BCUT2D eigenvalue weighted by Crippen LogP contribution is 2.18. The number of hydrogen-bond acceptors (Lipinski definition) is 3. The Morgan fingerprint density at radius 2 is 2.00 bits per heavy atom. The summed E-state index contributed by atoms with van der Waals surface area (Å²) in [5, 5.41) is 7.97. The maximum atomic E-state index is 5.79. The number of nitrogens with two attached hydrogens (primary N) is 1. The SMILES string of the molecule is CCCc1c(N)nnn1-c1ccc(Br)cc1. The van der Waals surface area contributed by atoms with Crippen LogP contribution < -0.4 is 5.73 Å². The minimum atomic E-state index is 0.518. The zero-order valence-corrected chi connectivity index (χ0v) is 10.6. The molecule has 0 aliphatic heterocycles. The van der Waals surface area contributed by atoms with Crippen LogP contribution in [0.3, 0.4) is 0 Å². The van der Waals surface area contributed by atoms with Gasteiger partial charge >= 0.3 is 0 Å². The Labute approximate surface area is 103 Å². The summed E-state index contributed by atoms with van der Waals surface area (Å²) in [4.78, 5) is 0. The summed E-state index contributed by atoms with van der Waals surface area (Å²) in [6.07, 6.45) is 1.91. The minimum absolute atomic E-state index is 0.518. The van der Waals surface area contributed by atoms with Crippen LogP contribution in [0.4, 0.5) is 5.82 Å². The molecule has 0 aliphatic carbocycles. The van der Waals surface area contributed by atoms with Crippen LogP contribution in [0.1, 0.15) is 19.0 Å². The predicted molar refractivity (Wildman–Crippen MR) is 67.5 cm³/mol. The fourth-order valence-corrected chi connectivity index (χ4v) is 1.84. The molecule has 0 amide bonds. The molecule has 0 atom stereocenters. The number of nitrogen functional groups attached to an aromatic ring is 1. The van der Waals surface area contributed by atoms with Gasteiger partial charge in [-0.15, -0.1) is 5.10 Å². The third kappa shape index (κ3) is 2.09. The van der Waals surface area contributed by atoms with Gasteiger partial charge in [0.25, 0.3) is 0 Å². The van der Waals surface area contributed by atoms with Gasteiger partial charge in [0.1, 0.15) is 0 Å². The second kappa shape index (κ2) is 4.65. The first-order valence-corrected chi connectivity index (χ1v) is 5.97. The van der Waals surface area contributed by atoms with E-state index < -0.39 is 0 Å². The molecule has 0 unspecified atom stereocenters. The molecule has 0 fully saturated rings. The molecule has 2 N–H and O–H groups in total. The molecule has 1 aromatic carbocycles. The average molecular weight is 281 g/mol. The second-order valence-corrected chi connectivity index (χ2v) is 4.48. The molecule has 0 radical (unpaired) electrons.